The minimum absolute atomic E-state index is 0.00224. The lowest BCUT2D eigenvalue weighted by atomic mass is 10.0. The fourth-order valence-corrected chi connectivity index (χ4v) is 3.39. The summed E-state index contributed by atoms with van der Waals surface area (Å²) in [6.07, 6.45) is 1.37. The number of benzene rings is 1. The number of nitrogens with zero attached hydrogens (tertiary/aromatic N) is 3. The van der Waals surface area contributed by atoms with Crippen LogP contribution in [0.15, 0.2) is 22.7 Å². The van der Waals surface area contributed by atoms with Crippen LogP contribution in [-0.2, 0) is 11.8 Å². The molecule has 1 atom stereocenters. The molecule has 0 saturated carbocycles. The first kappa shape index (κ1) is 14.0. The number of hydrogen-bond donors (Lipinski definition) is 1. The van der Waals surface area contributed by atoms with Crippen LogP contribution in [0.5, 0.6) is 0 Å². The molecule has 4 rings (SSSR count). The predicted molar refractivity (Wildman–Crippen MR) is 85.8 cm³/mol. The summed E-state index contributed by atoms with van der Waals surface area (Å²) in [5.41, 5.74) is 4.92. The van der Waals surface area contributed by atoms with Crippen molar-refractivity contribution in [3.05, 3.63) is 35.5 Å². The summed E-state index contributed by atoms with van der Waals surface area (Å²) in [5.74, 6) is 1.81. The van der Waals surface area contributed by atoms with Crippen molar-refractivity contribution in [1.29, 1.82) is 0 Å². The minimum Gasteiger partial charge on any atom is -0.361 e. The first-order chi connectivity index (χ1) is 11.0. The minimum atomic E-state index is 0.00224. The van der Waals surface area contributed by atoms with Gasteiger partial charge in [0.2, 0.25) is 5.91 Å². The van der Waals surface area contributed by atoms with Crippen LogP contribution in [0.3, 0.4) is 0 Å². The third-order valence-corrected chi connectivity index (χ3v) is 4.54. The standard InChI is InChI=1S/C17H18N4O2/c1-9-16(10(2)23-20-9)11-4-6-14-13(8-11)19-17(21(14)3)12-5-7-15(22)18-12/h4,6,8,12H,5,7H2,1-3H3,(H,18,22)/t12-/m0/s1. The second-order valence-electron chi connectivity index (χ2n) is 6.09. The third kappa shape index (κ3) is 2.13. The number of carbonyl (C=O) groups is 1. The summed E-state index contributed by atoms with van der Waals surface area (Å²) < 4.78 is 7.32. The van der Waals surface area contributed by atoms with Crippen molar-refractivity contribution in [2.45, 2.75) is 32.7 Å². The number of carbonyl (C=O) groups excluding carboxylic acids is 1. The zero-order chi connectivity index (χ0) is 16.1. The second-order valence-corrected chi connectivity index (χ2v) is 6.09. The quantitative estimate of drug-likeness (QED) is 0.790. The lowest BCUT2D eigenvalue weighted by Crippen LogP contribution is -2.20. The Kier molecular flexibility index (Phi) is 3.01. The molecule has 2 aromatic heterocycles. The first-order valence-electron chi connectivity index (χ1n) is 7.73. The van der Waals surface area contributed by atoms with Crippen LogP contribution in [0, 0.1) is 13.8 Å². The van der Waals surface area contributed by atoms with E-state index in [9.17, 15) is 4.79 Å². The van der Waals surface area contributed by atoms with Gasteiger partial charge in [-0.15, -0.1) is 0 Å². The molecular weight excluding hydrogens is 292 g/mol. The Bertz CT molecular complexity index is 903. The summed E-state index contributed by atoms with van der Waals surface area (Å²) in [5, 5.41) is 7.00. The fraction of sp³-hybridized carbons (Fsp3) is 0.353. The van der Waals surface area contributed by atoms with Gasteiger partial charge in [0.15, 0.2) is 0 Å². The van der Waals surface area contributed by atoms with Crippen molar-refractivity contribution < 1.29 is 9.32 Å². The monoisotopic (exact) mass is 310 g/mol. The molecule has 1 aliphatic heterocycles. The van der Waals surface area contributed by atoms with E-state index >= 15 is 0 Å². The molecular formula is C17H18N4O2. The van der Waals surface area contributed by atoms with Crippen molar-refractivity contribution in [3.63, 3.8) is 0 Å². The van der Waals surface area contributed by atoms with Crippen molar-refractivity contribution >= 4 is 16.9 Å². The number of aryl methyl sites for hydroxylation is 3. The van der Waals surface area contributed by atoms with E-state index in [4.69, 9.17) is 9.51 Å². The van der Waals surface area contributed by atoms with Crippen LogP contribution in [0.25, 0.3) is 22.2 Å². The van der Waals surface area contributed by atoms with Crippen LogP contribution in [0.2, 0.25) is 0 Å². The summed E-state index contributed by atoms with van der Waals surface area (Å²) in [4.78, 5) is 16.2. The normalized spacial score (nSPS) is 17.9. The maximum absolute atomic E-state index is 11.5. The smallest absolute Gasteiger partial charge is 0.220 e. The molecule has 23 heavy (non-hydrogen) atoms. The molecule has 1 saturated heterocycles. The Labute approximate surface area is 133 Å². The zero-order valence-electron chi connectivity index (χ0n) is 13.4. The van der Waals surface area contributed by atoms with Crippen LogP contribution in [0.4, 0.5) is 0 Å². The average molecular weight is 310 g/mol. The lowest BCUT2D eigenvalue weighted by molar-refractivity contribution is -0.119. The molecule has 0 radical (unpaired) electrons. The molecule has 0 unspecified atom stereocenters. The van der Waals surface area contributed by atoms with E-state index in [0.29, 0.717) is 6.42 Å². The van der Waals surface area contributed by atoms with Crippen molar-refractivity contribution in [3.8, 4) is 11.1 Å². The van der Waals surface area contributed by atoms with Gasteiger partial charge in [-0.25, -0.2) is 4.98 Å². The average Bonchev–Trinajstić information content (AvgIpc) is 3.18. The van der Waals surface area contributed by atoms with E-state index in [1.165, 1.54) is 0 Å². The van der Waals surface area contributed by atoms with Gasteiger partial charge in [0, 0.05) is 19.0 Å². The highest BCUT2D eigenvalue weighted by molar-refractivity contribution is 5.84. The van der Waals surface area contributed by atoms with Gasteiger partial charge in [0.05, 0.1) is 22.8 Å². The maximum atomic E-state index is 11.5. The molecule has 0 bridgehead atoms. The molecule has 0 aliphatic carbocycles. The summed E-state index contributed by atoms with van der Waals surface area (Å²) in [7, 11) is 1.99. The van der Waals surface area contributed by atoms with Gasteiger partial charge in [-0.05, 0) is 38.0 Å². The molecule has 6 nitrogen and oxygen atoms in total. The van der Waals surface area contributed by atoms with Crippen LogP contribution in [-0.4, -0.2) is 20.6 Å². The van der Waals surface area contributed by atoms with Crippen molar-refractivity contribution in [2.24, 2.45) is 7.05 Å². The summed E-state index contributed by atoms with van der Waals surface area (Å²) in [6, 6.07) is 6.18. The Hall–Kier alpha value is -2.63. The fourth-order valence-electron chi connectivity index (χ4n) is 3.39. The topological polar surface area (TPSA) is 72.9 Å². The van der Waals surface area contributed by atoms with E-state index in [-0.39, 0.29) is 11.9 Å². The largest absolute Gasteiger partial charge is 0.361 e. The number of fused-ring (bicyclic) bond motifs is 1. The molecule has 1 amide bonds. The molecule has 1 aromatic carbocycles. The molecule has 3 aromatic rings. The van der Waals surface area contributed by atoms with Gasteiger partial charge in [-0.3, -0.25) is 4.79 Å². The molecule has 1 N–H and O–H groups in total. The number of rotatable bonds is 2. The molecule has 1 aliphatic rings. The van der Waals surface area contributed by atoms with Crippen LogP contribution < -0.4 is 5.32 Å². The summed E-state index contributed by atoms with van der Waals surface area (Å²) in [6.45, 7) is 3.85. The van der Waals surface area contributed by atoms with Gasteiger partial charge >= 0.3 is 0 Å². The first-order valence-corrected chi connectivity index (χ1v) is 7.73. The Balaban J connectivity index is 1.82. The highest BCUT2D eigenvalue weighted by Crippen LogP contribution is 2.31. The number of aromatic nitrogens is 3. The highest BCUT2D eigenvalue weighted by Gasteiger charge is 2.26. The third-order valence-electron chi connectivity index (χ3n) is 4.54. The number of nitrogens with one attached hydrogen (secondary N) is 1. The molecule has 6 heteroatoms. The van der Waals surface area contributed by atoms with E-state index in [2.05, 4.69) is 33.2 Å². The molecule has 3 heterocycles. The number of amides is 1. The van der Waals surface area contributed by atoms with E-state index < -0.39 is 0 Å². The van der Waals surface area contributed by atoms with Crippen molar-refractivity contribution in [2.75, 3.05) is 0 Å². The SMILES string of the molecule is Cc1noc(C)c1-c1ccc2c(c1)nc([C@@H]1CCC(=O)N1)n2C. The van der Waals surface area contributed by atoms with Gasteiger partial charge in [-0.1, -0.05) is 11.2 Å². The molecule has 0 spiro atoms. The van der Waals surface area contributed by atoms with Gasteiger partial charge in [0.25, 0.3) is 0 Å². The van der Waals surface area contributed by atoms with Gasteiger partial charge in [-0.2, -0.15) is 0 Å². The Morgan fingerprint density at radius 3 is 2.83 bits per heavy atom. The van der Waals surface area contributed by atoms with Crippen LogP contribution >= 0.6 is 0 Å². The summed E-state index contributed by atoms with van der Waals surface area (Å²) >= 11 is 0. The van der Waals surface area contributed by atoms with Crippen molar-refractivity contribution in [1.82, 2.24) is 20.0 Å². The van der Waals surface area contributed by atoms with Crippen LogP contribution in [0.1, 0.15) is 36.2 Å². The van der Waals surface area contributed by atoms with E-state index in [0.717, 1.165) is 45.9 Å². The number of hydrogen-bond acceptors (Lipinski definition) is 4. The van der Waals surface area contributed by atoms with Gasteiger partial charge < -0.3 is 14.4 Å². The predicted octanol–water partition coefficient (Wildman–Crippen LogP) is 2.80. The molecule has 1 fully saturated rings. The Morgan fingerprint density at radius 2 is 2.17 bits per heavy atom. The van der Waals surface area contributed by atoms with Gasteiger partial charge in [0.1, 0.15) is 11.6 Å². The second kappa shape index (κ2) is 4.94. The highest BCUT2D eigenvalue weighted by atomic mass is 16.5. The lowest BCUT2D eigenvalue weighted by Gasteiger charge is -2.09. The van der Waals surface area contributed by atoms with E-state index in [1.54, 1.807) is 0 Å². The number of imidazole rings is 1. The Morgan fingerprint density at radius 1 is 1.35 bits per heavy atom. The molecule has 118 valence electrons. The maximum Gasteiger partial charge on any atom is 0.220 e. The van der Waals surface area contributed by atoms with E-state index in [1.807, 2.05) is 20.9 Å². The zero-order valence-corrected chi connectivity index (χ0v) is 13.4.